The molecule has 0 spiro atoms. The minimum Gasteiger partial charge on any atom is -0.382 e. The van der Waals surface area contributed by atoms with Crippen molar-refractivity contribution in [3.63, 3.8) is 0 Å². The molecule has 2 aromatic heterocycles. The SMILES string of the molecule is CCOCCCNC(=O)c1ccc(Cn2c(SCc3ccc(Cl)cc3)nc3ccncc32)cc1. The van der Waals surface area contributed by atoms with Gasteiger partial charge >= 0.3 is 0 Å². The molecule has 0 radical (unpaired) electrons. The molecule has 0 aliphatic heterocycles. The Morgan fingerprint density at radius 1 is 1.09 bits per heavy atom. The van der Waals surface area contributed by atoms with Gasteiger partial charge in [0.2, 0.25) is 0 Å². The van der Waals surface area contributed by atoms with Crippen molar-refractivity contribution < 1.29 is 9.53 Å². The van der Waals surface area contributed by atoms with E-state index in [1.54, 1.807) is 18.0 Å². The van der Waals surface area contributed by atoms with Crippen molar-refractivity contribution >= 4 is 40.3 Å². The minimum absolute atomic E-state index is 0.0699. The highest BCUT2D eigenvalue weighted by Gasteiger charge is 2.13. The lowest BCUT2D eigenvalue weighted by Gasteiger charge is -2.10. The van der Waals surface area contributed by atoms with Crippen molar-refractivity contribution in [1.29, 1.82) is 0 Å². The maximum absolute atomic E-state index is 12.4. The first kappa shape index (κ1) is 24.3. The minimum atomic E-state index is -0.0699. The first-order valence-electron chi connectivity index (χ1n) is 11.3. The Kier molecular flexibility index (Phi) is 8.57. The van der Waals surface area contributed by atoms with Gasteiger partial charge in [-0.05, 0) is 54.8 Å². The van der Waals surface area contributed by atoms with Crippen molar-refractivity contribution in [1.82, 2.24) is 19.9 Å². The van der Waals surface area contributed by atoms with Crippen molar-refractivity contribution in [3.05, 3.63) is 88.7 Å². The van der Waals surface area contributed by atoms with E-state index in [2.05, 4.69) is 14.9 Å². The van der Waals surface area contributed by atoms with Gasteiger partial charge in [0.1, 0.15) is 0 Å². The van der Waals surface area contributed by atoms with E-state index in [4.69, 9.17) is 21.3 Å². The molecule has 0 bridgehead atoms. The Labute approximate surface area is 208 Å². The number of carbonyl (C=O) groups is 1. The lowest BCUT2D eigenvalue weighted by Crippen LogP contribution is -2.25. The predicted molar refractivity (Wildman–Crippen MR) is 138 cm³/mol. The van der Waals surface area contributed by atoms with Crippen LogP contribution in [0, 0.1) is 0 Å². The van der Waals surface area contributed by atoms with Crippen LogP contribution in [0.15, 0.2) is 72.1 Å². The summed E-state index contributed by atoms with van der Waals surface area (Å²) in [5, 5.41) is 4.59. The van der Waals surface area contributed by atoms with E-state index in [1.807, 2.05) is 67.7 Å². The quantitative estimate of drug-likeness (QED) is 0.218. The highest BCUT2D eigenvalue weighted by Crippen LogP contribution is 2.28. The van der Waals surface area contributed by atoms with Crippen molar-refractivity contribution in [2.45, 2.75) is 30.8 Å². The number of imidazole rings is 1. The number of nitrogens with one attached hydrogen (secondary N) is 1. The van der Waals surface area contributed by atoms with Gasteiger partial charge < -0.3 is 14.6 Å². The third-order valence-corrected chi connectivity index (χ3v) is 6.61. The fourth-order valence-electron chi connectivity index (χ4n) is 3.51. The second-order valence-corrected chi connectivity index (χ2v) is 9.14. The van der Waals surface area contributed by atoms with Crippen molar-refractivity contribution in [3.8, 4) is 0 Å². The molecule has 1 amide bonds. The van der Waals surface area contributed by atoms with Crippen LogP contribution in [-0.4, -0.2) is 40.2 Å². The topological polar surface area (TPSA) is 69.0 Å². The summed E-state index contributed by atoms with van der Waals surface area (Å²) in [6, 6.07) is 17.5. The maximum Gasteiger partial charge on any atom is 0.251 e. The third-order valence-electron chi connectivity index (χ3n) is 5.31. The van der Waals surface area contributed by atoms with E-state index in [0.717, 1.165) is 38.9 Å². The second-order valence-electron chi connectivity index (χ2n) is 7.76. The second kappa shape index (κ2) is 12.0. The Balaban J connectivity index is 1.45. The summed E-state index contributed by atoms with van der Waals surface area (Å²) < 4.78 is 7.48. The van der Waals surface area contributed by atoms with Crippen LogP contribution in [0.1, 0.15) is 34.8 Å². The number of hydrogen-bond acceptors (Lipinski definition) is 5. The Morgan fingerprint density at radius 3 is 2.62 bits per heavy atom. The number of nitrogens with zero attached hydrogens (tertiary/aromatic N) is 3. The molecule has 2 aromatic carbocycles. The smallest absolute Gasteiger partial charge is 0.251 e. The number of halogens is 1. The largest absolute Gasteiger partial charge is 0.382 e. The molecule has 0 saturated carbocycles. The average molecular weight is 495 g/mol. The number of rotatable bonds is 11. The Hall–Kier alpha value is -2.87. The van der Waals surface area contributed by atoms with E-state index in [-0.39, 0.29) is 5.91 Å². The number of ether oxygens (including phenoxy) is 1. The highest BCUT2D eigenvalue weighted by molar-refractivity contribution is 7.98. The zero-order chi connectivity index (χ0) is 23.8. The van der Waals surface area contributed by atoms with Crippen LogP contribution in [0.5, 0.6) is 0 Å². The number of amides is 1. The van der Waals surface area contributed by atoms with Gasteiger partial charge in [0.05, 0.1) is 23.8 Å². The molecule has 176 valence electrons. The first-order valence-corrected chi connectivity index (χ1v) is 12.6. The monoisotopic (exact) mass is 494 g/mol. The Bertz CT molecular complexity index is 1230. The number of carbonyl (C=O) groups excluding carboxylic acids is 1. The Morgan fingerprint density at radius 2 is 1.85 bits per heavy atom. The fraction of sp³-hybridized carbons (Fsp3) is 0.269. The summed E-state index contributed by atoms with van der Waals surface area (Å²) in [4.78, 5) is 21.5. The molecule has 0 aliphatic carbocycles. The highest BCUT2D eigenvalue weighted by atomic mass is 35.5. The van der Waals surface area contributed by atoms with Crippen LogP contribution < -0.4 is 5.32 Å². The van der Waals surface area contributed by atoms with Crippen LogP contribution in [0.2, 0.25) is 5.02 Å². The summed E-state index contributed by atoms with van der Waals surface area (Å²) in [6.45, 7) is 4.55. The molecule has 8 heteroatoms. The summed E-state index contributed by atoms with van der Waals surface area (Å²) >= 11 is 7.69. The molecule has 0 fully saturated rings. The normalized spacial score (nSPS) is 11.1. The van der Waals surface area contributed by atoms with Crippen molar-refractivity contribution in [2.75, 3.05) is 19.8 Å². The number of pyridine rings is 1. The van der Waals surface area contributed by atoms with Gasteiger partial charge in [-0.2, -0.15) is 0 Å². The first-order chi connectivity index (χ1) is 16.6. The van der Waals surface area contributed by atoms with E-state index < -0.39 is 0 Å². The van der Waals surface area contributed by atoms with Gasteiger partial charge in [-0.15, -0.1) is 0 Å². The summed E-state index contributed by atoms with van der Waals surface area (Å²) in [7, 11) is 0. The van der Waals surface area contributed by atoms with Crippen LogP contribution in [0.4, 0.5) is 0 Å². The standard InChI is InChI=1S/C26H27ClN4O2S/c1-2-33-15-3-13-29-25(32)21-8-4-19(5-9-21)17-31-24-16-28-14-12-23(24)30-26(31)34-18-20-6-10-22(27)11-7-20/h4-12,14,16H,2-3,13,15,17-18H2,1H3,(H,29,32). The summed E-state index contributed by atoms with van der Waals surface area (Å²) in [5.74, 6) is 0.718. The molecule has 0 unspecified atom stereocenters. The number of benzene rings is 2. The molecular formula is C26H27ClN4O2S. The summed E-state index contributed by atoms with van der Waals surface area (Å²) in [6.07, 6.45) is 4.41. The number of aromatic nitrogens is 3. The molecule has 4 aromatic rings. The van der Waals surface area contributed by atoms with Gasteiger partial charge in [0.25, 0.3) is 5.91 Å². The molecule has 4 rings (SSSR count). The molecule has 2 heterocycles. The number of thioether (sulfide) groups is 1. The molecule has 6 nitrogen and oxygen atoms in total. The zero-order valence-electron chi connectivity index (χ0n) is 19.0. The average Bonchev–Trinajstić information content (AvgIpc) is 3.21. The van der Waals surface area contributed by atoms with Gasteiger partial charge in [-0.3, -0.25) is 9.78 Å². The lowest BCUT2D eigenvalue weighted by atomic mass is 10.1. The lowest BCUT2D eigenvalue weighted by molar-refractivity contribution is 0.0944. The predicted octanol–water partition coefficient (Wildman–Crippen LogP) is 5.58. The van der Waals surface area contributed by atoms with E-state index in [0.29, 0.717) is 31.9 Å². The van der Waals surface area contributed by atoms with Gasteiger partial charge in [-0.1, -0.05) is 47.6 Å². The molecule has 0 atom stereocenters. The van der Waals surface area contributed by atoms with Gasteiger partial charge in [-0.25, -0.2) is 4.98 Å². The number of hydrogen-bond donors (Lipinski definition) is 1. The third kappa shape index (κ3) is 6.38. The van der Waals surface area contributed by atoms with Crippen LogP contribution >= 0.6 is 23.4 Å². The van der Waals surface area contributed by atoms with E-state index in [9.17, 15) is 4.79 Å². The number of fused-ring (bicyclic) bond motifs is 1. The fourth-order valence-corrected chi connectivity index (χ4v) is 4.60. The maximum atomic E-state index is 12.4. The van der Waals surface area contributed by atoms with E-state index in [1.165, 1.54) is 5.56 Å². The van der Waals surface area contributed by atoms with Crippen LogP contribution in [0.3, 0.4) is 0 Å². The molecule has 0 saturated heterocycles. The molecule has 34 heavy (non-hydrogen) atoms. The van der Waals surface area contributed by atoms with Crippen molar-refractivity contribution in [2.24, 2.45) is 0 Å². The van der Waals surface area contributed by atoms with Gasteiger partial charge in [0, 0.05) is 42.3 Å². The van der Waals surface area contributed by atoms with Crippen LogP contribution in [0.25, 0.3) is 11.0 Å². The van der Waals surface area contributed by atoms with Gasteiger partial charge in [0.15, 0.2) is 5.16 Å². The van der Waals surface area contributed by atoms with Crippen LogP contribution in [-0.2, 0) is 17.0 Å². The molecule has 0 aliphatic rings. The molecular weight excluding hydrogens is 468 g/mol. The van der Waals surface area contributed by atoms with E-state index >= 15 is 0 Å². The zero-order valence-corrected chi connectivity index (χ0v) is 20.6. The summed E-state index contributed by atoms with van der Waals surface area (Å²) in [5.41, 5.74) is 4.82. The molecule has 1 N–H and O–H groups in total.